The van der Waals surface area contributed by atoms with Crippen LogP contribution < -0.4 is 5.63 Å². The van der Waals surface area contributed by atoms with Gasteiger partial charge in [0.1, 0.15) is 11.5 Å². The van der Waals surface area contributed by atoms with E-state index in [0.29, 0.717) is 9.71 Å². The summed E-state index contributed by atoms with van der Waals surface area (Å²) >= 11 is 0. The molecule has 2 aromatic heterocycles. The predicted molar refractivity (Wildman–Crippen MR) is 114 cm³/mol. The van der Waals surface area contributed by atoms with Crippen LogP contribution in [0.25, 0.3) is 22.4 Å². The number of aromatic nitrogens is 2. The normalized spacial score (nSPS) is 12.1. The Morgan fingerprint density at radius 2 is 1.38 bits per heavy atom. The molecule has 0 saturated heterocycles. The Hall–Kier alpha value is -3.57. The first-order valence-corrected chi connectivity index (χ1v) is 12.4. The lowest BCUT2D eigenvalue weighted by Crippen LogP contribution is -2.14. The van der Waals surface area contributed by atoms with Crippen LogP contribution in [0.4, 0.5) is 4.39 Å². The van der Waals surface area contributed by atoms with Crippen molar-refractivity contribution in [3.05, 3.63) is 89.3 Å². The summed E-state index contributed by atoms with van der Waals surface area (Å²) < 4.78 is 69.1. The van der Waals surface area contributed by atoms with Crippen molar-refractivity contribution in [3.8, 4) is 22.4 Å². The van der Waals surface area contributed by atoms with Crippen molar-refractivity contribution in [1.29, 1.82) is 0 Å². The zero-order chi connectivity index (χ0) is 23.1. The van der Waals surface area contributed by atoms with E-state index in [2.05, 4.69) is 4.98 Å². The monoisotopic (exact) mass is 474 g/mol. The number of rotatable bonds is 5. The average molecular weight is 474 g/mol. The van der Waals surface area contributed by atoms with Crippen LogP contribution >= 0.6 is 0 Å². The maximum absolute atomic E-state index is 13.4. The Bertz CT molecular complexity index is 1560. The number of benzene rings is 2. The van der Waals surface area contributed by atoms with Gasteiger partial charge in [0.25, 0.3) is 10.0 Å². The molecule has 0 aliphatic carbocycles. The number of hydrogen-bond donors (Lipinski definition) is 0. The minimum absolute atomic E-state index is 0.0632. The Labute approximate surface area is 182 Å². The van der Waals surface area contributed by atoms with Gasteiger partial charge in [-0.15, -0.1) is 0 Å². The molecule has 0 radical (unpaired) electrons. The standard InChI is InChI=1S/C21H15FN2O6S2/c1-31(26,27)17-6-8-18(9-7-17)32(28,29)24-20(15-10-12-23-13-11-15)19(21(25)30-24)14-2-4-16(22)5-3-14/h2-13H,1H3. The summed E-state index contributed by atoms with van der Waals surface area (Å²) in [6.45, 7) is 0. The largest absolute Gasteiger partial charge is 0.367 e. The summed E-state index contributed by atoms with van der Waals surface area (Å²) in [5.41, 5.74) is -0.515. The molecule has 0 amide bonds. The minimum atomic E-state index is -4.44. The SMILES string of the molecule is CS(=O)(=O)c1ccc(S(=O)(=O)n2oc(=O)c(-c3ccc(F)cc3)c2-c2ccncc2)cc1. The van der Waals surface area contributed by atoms with E-state index in [1.165, 1.54) is 36.7 Å². The van der Waals surface area contributed by atoms with Crippen molar-refractivity contribution < 1.29 is 25.7 Å². The molecule has 0 N–H and O–H groups in total. The van der Waals surface area contributed by atoms with Gasteiger partial charge in [-0.3, -0.25) is 4.98 Å². The fraction of sp³-hybridized carbons (Fsp3) is 0.0476. The van der Waals surface area contributed by atoms with Gasteiger partial charge < -0.3 is 4.52 Å². The van der Waals surface area contributed by atoms with Crippen LogP contribution in [0.2, 0.25) is 0 Å². The van der Waals surface area contributed by atoms with Crippen LogP contribution in [0.5, 0.6) is 0 Å². The molecule has 0 fully saturated rings. The van der Waals surface area contributed by atoms with Crippen LogP contribution in [-0.4, -0.2) is 32.2 Å². The first kappa shape index (κ1) is 21.7. The van der Waals surface area contributed by atoms with E-state index >= 15 is 0 Å². The zero-order valence-electron chi connectivity index (χ0n) is 16.5. The number of hydrogen-bond acceptors (Lipinski definition) is 7. The van der Waals surface area contributed by atoms with Crippen molar-refractivity contribution in [1.82, 2.24) is 9.13 Å². The van der Waals surface area contributed by atoms with Gasteiger partial charge >= 0.3 is 5.63 Å². The Morgan fingerprint density at radius 1 is 0.812 bits per heavy atom. The molecule has 0 aliphatic rings. The molecule has 2 heterocycles. The smallest absolute Gasteiger partial charge is 0.320 e. The van der Waals surface area contributed by atoms with Gasteiger partial charge in [-0.25, -0.2) is 17.6 Å². The van der Waals surface area contributed by atoms with E-state index in [1.807, 2.05) is 0 Å². The van der Waals surface area contributed by atoms with Crippen molar-refractivity contribution in [3.63, 3.8) is 0 Å². The highest BCUT2D eigenvalue weighted by Crippen LogP contribution is 2.33. The number of pyridine rings is 1. The molecular formula is C21H15FN2O6S2. The van der Waals surface area contributed by atoms with Crippen molar-refractivity contribution in [2.45, 2.75) is 9.79 Å². The van der Waals surface area contributed by atoms with Crippen LogP contribution in [0.1, 0.15) is 0 Å². The van der Waals surface area contributed by atoms with Gasteiger partial charge in [-0.1, -0.05) is 16.3 Å². The van der Waals surface area contributed by atoms with Crippen LogP contribution in [0, 0.1) is 5.82 Å². The highest BCUT2D eigenvalue weighted by Gasteiger charge is 2.29. The lowest BCUT2D eigenvalue weighted by atomic mass is 10.0. The highest BCUT2D eigenvalue weighted by molar-refractivity contribution is 7.91. The van der Waals surface area contributed by atoms with E-state index < -0.39 is 31.3 Å². The molecule has 11 heteroatoms. The van der Waals surface area contributed by atoms with Crippen molar-refractivity contribution >= 4 is 19.9 Å². The molecule has 0 unspecified atom stereocenters. The molecule has 4 aromatic rings. The van der Waals surface area contributed by atoms with Crippen molar-refractivity contribution in [2.75, 3.05) is 6.26 Å². The second kappa shape index (κ2) is 7.84. The molecule has 164 valence electrons. The third-order valence-electron chi connectivity index (χ3n) is 4.64. The number of halogens is 1. The summed E-state index contributed by atoms with van der Waals surface area (Å²) in [5, 5.41) is 0. The van der Waals surface area contributed by atoms with Gasteiger partial charge in [-0.2, -0.15) is 8.42 Å². The molecule has 2 aromatic carbocycles. The Morgan fingerprint density at radius 3 is 1.94 bits per heavy atom. The zero-order valence-corrected chi connectivity index (χ0v) is 18.1. The van der Waals surface area contributed by atoms with Crippen LogP contribution in [0.15, 0.2) is 92.2 Å². The van der Waals surface area contributed by atoms with E-state index in [-0.39, 0.29) is 26.6 Å². The topological polar surface area (TPSA) is 116 Å². The predicted octanol–water partition coefficient (Wildman–Crippen LogP) is 2.95. The van der Waals surface area contributed by atoms with E-state index in [9.17, 15) is 26.0 Å². The molecular weight excluding hydrogens is 459 g/mol. The summed E-state index contributed by atoms with van der Waals surface area (Å²) in [7, 11) is -7.97. The van der Waals surface area contributed by atoms with Gasteiger partial charge in [0.2, 0.25) is 0 Å². The van der Waals surface area contributed by atoms with Gasteiger partial charge in [0, 0.05) is 24.2 Å². The number of nitrogens with zero attached hydrogens (tertiary/aromatic N) is 2. The molecule has 8 nitrogen and oxygen atoms in total. The second-order valence-electron chi connectivity index (χ2n) is 6.82. The molecule has 0 atom stereocenters. The molecule has 0 bridgehead atoms. The summed E-state index contributed by atoms with van der Waals surface area (Å²) in [4.78, 5) is 16.3. The number of sulfone groups is 1. The quantitative estimate of drug-likeness (QED) is 0.437. The molecule has 4 rings (SSSR count). The van der Waals surface area contributed by atoms with E-state index in [0.717, 1.165) is 42.7 Å². The third-order valence-corrected chi connectivity index (χ3v) is 7.33. The summed E-state index contributed by atoms with van der Waals surface area (Å²) in [5.74, 6) is -0.526. The fourth-order valence-corrected chi connectivity index (χ4v) is 5.01. The highest BCUT2D eigenvalue weighted by atomic mass is 32.2. The maximum Gasteiger partial charge on any atom is 0.367 e. The average Bonchev–Trinajstić information content (AvgIpc) is 3.12. The molecule has 0 aliphatic heterocycles. The molecule has 0 spiro atoms. The van der Waals surface area contributed by atoms with Crippen molar-refractivity contribution in [2.24, 2.45) is 0 Å². The summed E-state index contributed by atoms with van der Waals surface area (Å²) in [6.07, 6.45) is 3.83. The van der Waals surface area contributed by atoms with Crippen LogP contribution in [-0.2, 0) is 19.9 Å². The lowest BCUT2D eigenvalue weighted by Gasteiger charge is -2.10. The third kappa shape index (κ3) is 3.87. The Balaban J connectivity index is 1.98. The van der Waals surface area contributed by atoms with E-state index in [4.69, 9.17) is 4.52 Å². The molecule has 0 saturated carbocycles. The second-order valence-corrected chi connectivity index (χ2v) is 10.6. The fourth-order valence-electron chi connectivity index (χ4n) is 3.11. The Kier molecular flexibility index (Phi) is 5.31. The first-order valence-electron chi connectivity index (χ1n) is 9.07. The van der Waals surface area contributed by atoms with E-state index in [1.54, 1.807) is 0 Å². The molecule has 32 heavy (non-hydrogen) atoms. The first-order chi connectivity index (χ1) is 15.1. The maximum atomic E-state index is 13.4. The van der Waals surface area contributed by atoms with Gasteiger partial charge in [0.05, 0.1) is 15.4 Å². The lowest BCUT2D eigenvalue weighted by molar-refractivity contribution is 0.346. The summed E-state index contributed by atoms with van der Waals surface area (Å²) in [6, 6.07) is 12.5. The van der Waals surface area contributed by atoms with Crippen LogP contribution in [0.3, 0.4) is 0 Å². The van der Waals surface area contributed by atoms with Gasteiger partial charge in [0.15, 0.2) is 9.84 Å². The minimum Gasteiger partial charge on any atom is -0.320 e. The van der Waals surface area contributed by atoms with Gasteiger partial charge in [-0.05, 0) is 54.1 Å².